The molecule has 0 amide bonds. The molecule has 0 spiro atoms. The van der Waals surface area contributed by atoms with Gasteiger partial charge in [-0.05, 0) is 25.5 Å². The highest BCUT2D eigenvalue weighted by atomic mass is 16.5. The van der Waals surface area contributed by atoms with Crippen LogP contribution in [0.5, 0.6) is 0 Å². The Balaban J connectivity index is 2.09. The van der Waals surface area contributed by atoms with Gasteiger partial charge in [-0.2, -0.15) is 0 Å². The number of ether oxygens (including phenoxy) is 1. The average molecular weight is 165 g/mol. The predicted octanol–water partition coefficient (Wildman–Crippen LogP) is 1.60. The van der Waals surface area contributed by atoms with Crippen LogP contribution in [-0.2, 0) is 4.74 Å². The van der Waals surface area contributed by atoms with Gasteiger partial charge in [-0.25, -0.2) is 0 Å². The Morgan fingerprint density at radius 3 is 3.17 bits per heavy atom. The van der Waals surface area contributed by atoms with Crippen LogP contribution in [0.15, 0.2) is 23.0 Å². The lowest BCUT2D eigenvalue weighted by atomic mass is 9.91. The van der Waals surface area contributed by atoms with Crippen LogP contribution in [0.4, 0.5) is 0 Å². The van der Waals surface area contributed by atoms with E-state index >= 15 is 0 Å². The average Bonchev–Trinajstić information content (AvgIpc) is 2.17. The van der Waals surface area contributed by atoms with Crippen molar-refractivity contribution in [3.63, 3.8) is 0 Å². The van der Waals surface area contributed by atoms with E-state index in [0.717, 1.165) is 31.7 Å². The fraction of sp³-hybridized carbons (Fsp3) is 0.600. The first kappa shape index (κ1) is 7.87. The zero-order valence-corrected chi connectivity index (χ0v) is 7.52. The summed E-state index contributed by atoms with van der Waals surface area (Å²) in [6, 6.07) is 0. The third-order valence-electron chi connectivity index (χ3n) is 2.67. The van der Waals surface area contributed by atoms with Gasteiger partial charge in [0.15, 0.2) is 0 Å². The van der Waals surface area contributed by atoms with Gasteiger partial charge >= 0.3 is 0 Å². The predicted molar refractivity (Wildman–Crippen MR) is 48.8 cm³/mol. The van der Waals surface area contributed by atoms with Gasteiger partial charge in [-0.15, -0.1) is 0 Å². The molecule has 0 radical (unpaired) electrons. The Bertz CT molecular complexity index is 240. The van der Waals surface area contributed by atoms with Crippen LogP contribution in [0.3, 0.4) is 0 Å². The zero-order chi connectivity index (χ0) is 8.39. The molecule has 0 saturated carbocycles. The molecule has 2 aliphatic rings. The third-order valence-corrected chi connectivity index (χ3v) is 2.67. The van der Waals surface area contributed by atoms with E-state index in [0.29, 0.717) is 0 Å². The van der Waals surface area contributed by atoms with E-state index in [1.165, 1.54) is 6.42 Å². The first-order valence-corrected chi connectivity index (χ1v) is 4.53. The largest absolute Gasteiger partial charge is 0.501 e. The summed E-state index contributed by atoms with van der Waals surface area (Å²) in [5.74, 6) is 1.15. The molecular weight excluding hydrogens is 150 g/mol. The minimum atomic E-state index is 1.05. The first-order chi connectivity index (χ1) is 5.90. The van der Waals surface area contributed by atoms with Gasteiger partial charge in [0.05, 0.1) is 12.9 Å². The Kier molecular flexibility index (Phi) is 2.17. The molecule has 2 nitrogen and oxygen atoms in total. The third kappa shape index (κ3) is 1.39. The molecule has 0 fully saturated rings. The van der Waals surface area contributed by atoms with E-state index in [-0.39, 0.29) is 0 Å². The summed E-state index contributed by atoms with van der Waals surface area (Å²) >= 11 is 0. The zero-order valence-electron chi connectivity index (χ0n) is 7.52. The smallest absolute Gasteiger partial charge is 0.0959 e. The summed E-state index contributed by atoms with van der Waals surface area (Å²) in [6.07, 6.45) is 5.54. The van der Waals surface area contributed by atoms with Crippen LogP contribution in [0.1, 0.15) is 19.3 Å². The van der Waals surface area contributed by atoms with Crippen molar-refractivity contribution < 1.29 is 4.74 Å². The maximum Gasteiger partial charge on any atom is 0.0959 e. The molecule has 0 saturated heterocycles. The Morgan fingerprint density at radius 2 is 2.33 bits per heavy atom. The Labute approximate surface area is 73.3 Å². The quantitative estimate of drug-likeness (QED) is 0.596. The minimum Gasteiger partial charge on any atom is -0.501 e. The van der Waals surface area contributed by atoms with Crippen LogP contribution in [0.2, 0.25) is 0 Å². The summed E-state index contributed by atoms with van der Waals surface area (Å²) in [7, 11) is 1.76. The number of rotatable bonds is 1. The van der Waals surface area contributed by atoms with E-state index in [1.807, 2.05) is 0 Å². The molecule has 0 aromatic rings. The molecule has 12 heavy (non-hydrogen) atoms. The second-order valence-corrected chi connectivity index (χ2v) is 3.39. The first-order valence-electron chi connectivity index (χ1n) is 4.53. The van der Waals surface area contributed by atoms with Gasteiger partial charge in [0.25, 0.3) is 0 Å². The van der Waals surface area contributed by atoms with Gasteiger partial charge in [0, 0.05) is 13.0 Å². The van der Waals surface area contributed by atoms with Crippen LogP contribution in [0.25, 0.3) is 0 Å². The highest BCUT2D eigenvalue weighted by Crippen LogP contribution is 2.28. The maximum atomic E-state index is 5.25. The Morgan fingerprint density at radius 1 is 1.42 bits per heavy atom. The minimum absolute atomic E-state index is 1.05. The molecule has 0 aromatic carbocycles. The molecule has 1 heterocycles. The highest BCUT2D eigenvalue weighted by Gasteiger charge is 2.16. The normalized spacial score (nSPS) is 23.2. The number of hydrogen-bond donors (Lipinski definition) is 1. The van der Waals surface area contributed by atoms with Gasteiger partial charge in [0.2, 0.25) is 0 Å². The van der Waals surface area contributed by atoms with Crippen molar-refractivity contribution in [3.8, 4) is 0 Å². The number of hydrogen-bond acceptors (Lipinski definition) is 2. The van der Waals surface area contributed by atoms with E-state index in [4.69, 9.17) is 4.74 Å². The van der Waals surface area contributed by atoms with Crippen molar-refractivity contribution in [2.24, 2.45) is 0 Å². The van der Waals surface area contributed by atoms with Gasteiger partial charge in [-0.3, -0.25) is 0 Å². The summed E-state index contributed by atoms with van der Waals surface area (Å²) in [5.41, 5.74) is 3.19. The molecular formula is C10H15NO. The number of methoxy groups -OCH3 is 1. The van der Waals surface area contributed by atoms with Crippen molar-refractivity contribution in [3.05, 3.63) is 23.0 Å². The summed E-state index contributed by atoms with van der Waals surface area (Å²) in [6.45, 7) is 2.22. The van der Waals surface area contributed by atoms with Crippen LogP contribution in [-0.4, -0.2) is 20.2 Å². The molecule has 0 atom stereocenters. The van der Waals surface area contributed by atoms with E-state index < -0.39 is 0 Å². The van der Waals surface area contributed by atoms with Crippen molar-refractivity contribution in [2.75, 3.05) is 20.2 Å². The standard InChI is InChI=1S/C10H15NO/c1-12-10-3-2-9-7-11-5-4-8(9)6-10/h3,11H,2,4-7H2,1H3. The molecule has 0 aromatic heterocycles. The van der Waals surface area contributed by atoms with Crippen LogP contribution >= 0.6 is 0 Å². The van der Waals surface area contributed by atoms with Crippen molar-refractivity contribution >= 4 is 0 Å². The van der Waals surface area contributed by atoms with Crippen molar-refractivity contribution in [1.29, 1.82) is 0 Å². The molecule has 1 aliphatic heterocycles. The summed E-state index contributed by atoms with van der Waals surface area (Å²) in [4.78, 5) is 0. The second-order valence-electron chi connectivity index (χ2n) is 3.39. The molecule has 1 aliphatic carbocycles. The SMILES string of the molecule is COC1=CCC2=C(CCNC2)C1. The highest BCUT2D eigenvalue weighted by molar-refractivity contribution is 5.29. The topological polar surface area (TPSA) is 21.3 Å². The fourth-order valence-corrected chi connectivity index (χ4v) is 1.89. The van der Waals surface area contributed by atoms with E-state index in [9.17, 15) is 0 Å². The lowest BCUT2D eigenvalue weighted by Gasteiger charge is -2.24. The second kappa shape index (κ2) is 3.31. The van der Waals surface area contributed by atoms with Gasteiger partial charge < -0.3 is 10.1 Å². The molecule has 1 N–H and O–H groups in total. The lowest BCUT2D eigenvalue weighted by Crippen LogP contribution is -2.26. The molecule has 0 bridgehead atoms. The Hall–Kier alpha value is -0.760. The summed E-state index contributed by atoms with van der Waals surface area (Å²) in [5, 5.41) is 3.39. The molecule has 0 unspecified atom stereocenters. The van der Waals surface area contributed by atoms with E-state index in [2.05, 4.69) is 11.4 Å². The van der Waals surface area contributed by atoms with Crippen molar-refractivity contribution in [1.82, 2.24) is 5.32 Å². The monoisotopic (exact) mass is 165 g/mol. The molecule has 2 heteroatoms. The summed E-state index contributed by atoms with van der Waals surface area (Å²) < 4.78 is 5.25. The van der Waals surface area contributed by atoms with Crippen LogP contribution in [0, 0.1) is 0 Å². The number of allylic oxidation sites excluding steroid dienone is 2. The molecule has 66 valence electrons. The van der Waals surface area contributed by atoms with Crippen LogP contribution < -0.4 is 5.32 Å². The fourth-order valence-electron chi connectivity index (χ4n) is 1.89. The van der Waals surface area contributed by atoms with Crippen molar-refractivity contribution in [2.45, 2.75) is 19.3 Å². The lowest BCUT2D eigenvalue weighted by molar-refractivity contribution is 0.277. The van der Waals surface area contributed by atoms with Gasteiger partial charge in [0.1, 0.15) is 0 Å². The van der Waals surface area contributed by atoms with E-state index in [1.54, 1.807) is 18.3 Å². The number of nitrogens with one attached hydrogen (secondary N) is 1. The molecule has 2 rings (SSSR count). The van der Waals surface area contributed by atoms with Gasteiger partial charge in [-0.1, -0.05) is 11.1 Å². The maximum absolute atomic E-state index is 5.25.